The predicted molar refractivity (Wildman–Crippen MR) is 80.5 cm³/mol. The Morgan fingerprint density at radius 2 is 1.76 bits per heavy atom. The average Bonchev–Trinajstić information content (AvgIpc) is 2.53. The summed E-state index contributed by atoms with van der Waals surface area (Å²) in [7, 11) is 0. The van der Waals surface area contributed by atoms with Crippen LogP contribution in [-0.4, -0.2) is 53.3 Å². The Balaban J connectivity index is 1.62. The molecule has 5 heteroatoms. The molecule has 0 aromatic carbocycles. The Hall–Kier alpha value is -1.10. The lowest BCUT2D eigenvalue weighted by Gasteiger charge is -2.44. The summed E-state index contributed by atoms with van der Waals surface area (Å²) in [5.41, 5.74) is 6.34. The van der Waals surface area contributed by atoms with E-state index >= 15 is 0 Å². The van der Waals surface area contributed by atoms with Crippen molar-refractivity contribution in [2.45, 2.75) is 63.5 Å². The zero-order valence-corrected chi connectivity index (χ0v) is 12.8. The van der Waals surface area contributed by atoms with E-state index in [1.165, 1.54) is 32.1 Å². The third-order valence-corrected chi connectivity index (χ3v) is 5.43. The van der Waals surface area contributed by atoms with Crippen LogP contribution in [0.5, 0.6) is 0 Å². The molecule has 3 aliphatic rings. The van der Waals surface area contributed by atoms with Crippen LogP contribution in [0.1, 0.15) is 51.4 Å². The Morgan fingerprint density at radius 1 is 1.05 bits per heavy atom. The summed E-state index contributed by atoms with van der Waals surface area (Å²) in [5, 5.41) is 0. The number of rotatable bonds is 3. The van der Waals surface area contributed by atoms with Crippen molar-refractivity contribution in [2.24, 2.45) is 11.7 Å². The molecule has 5 nitrogen and oxygen atoms in total. The van der Waals surface area contributed by atoms with Gasteiger partial charge in [-0.2, -0.15) is 0 Å². The van der Waals surface area contributed by atoms with E-state index in [0.29, 0.717) is 12.5 Å². The number of piperazine rings is 1. The summed E-state index contributed by atoms with van der Waals surface area (Å²) in [5.74, 6) is 0.752. The molecular formula is C16H27N3O2. The van der Waals surface area contributed by atoms with E-state index in [0.717, 1.165) is 25.8 Å². The fourth-order valence-electron chi connectivity index (χ4n) is 4.15. The van der Waals surface area contributed by atoms with Crippen molar-refractivity contribution < 1.29 is 9.59 Å². The van der Waals surface area contributed by atoms with Gasteiger partial charge in [-0.25, -0.2) is 0 Å². The molecule has 0 radical (unpaired) electrons. The highest BCUT2D eigenvalue weighted by Crippen LogP contribution is 2.27. The first-order valence-electron chi connectivity index (χ1n) is 8.50. The van der Waals surface area contributed by atoms with Crippen molar-refractivity contribution in [1.82, 2.24) is 9.80 Å². The zero-order chi connectivity index (χ0) is 14.8. The molecule has 2 heterocycles. The molecule has 0 spiro atoms. The van der Waals surface area contributed by atoms with Crippen molar-refractivity contribution in [1.29, 1.82) is 0 Å². The van der Waals surface area contributed by atoms with E-state index in [1.54, 1.807) is 9.80 Å². The van der Waals surface area contributed by atoms with Gasteiger partial charge in [0.15, 0.2) is 0 Å². The number of carbonyl (C=O) groups is 2. The van der Waals surface area contributed by atoms with Gasteiger partial charge in [0.05, 0.1) is 6.54 Å². The monoisotopic (exact) mass is 293 g/mol. The minimum absolute atomic E-state index is 0.0252. The highest BCUT2D eigenvalue weighted by atomic mass is 16.2. The maximum atomic E-state index is 12.6. The van der Waals surface area contributed by atoms with Crippen LogP contribution in [0, 0.1) is 5.92 Å². The number of nitrogens with zero attached hydrogens (tertiary/aromatic N) is 2. The number of piperidine rings is 1. The number of amides is 2. The van der Waals surface area contributed by atoms with Gasteiger partial charge in [0, 0.05) is 19.1 Å². The van der Waals surface area contributed by atoms with Crippen molar-refractivity contribution in [3.05, 3.63) is 0 Å². The first-order chi connectivity index (χ1) is 10.2. The summed E-state index contributed by atoms with van der Waals surface area (Å²) in [6, 6.07) is -0.184. The van der Waals surface area contributed by atoms with E-state index in [2.05, 4.69) is 0 Å². The Morgan fingerprint density at radius 3 is 2.52 bits per heavy atom. The Kier molecular flexibility index (Phi) is 4.48. The molecule has 1 saturated carbocycles. The lowest BCUT2D eigenvalue weighted by molar-refractivity contribution is -0.158. The van der Waals surface area contributed by atoms with Gasteiger partial charge in [0.25, 0.3) is 0 Å². The molecule has 2 N–H and O–H groups in total. The molecule has 1 aliphatic carbocycles. The summed E-state index contributed by atoms with van der Waals surface area (Å²) in [4.78, 5) is 28.3. The van der Waals surface area contributed by atoms with Crippen LogP contribution in [0.25, 0.3) is 0 Å². The van der Waals surface area contributed by atoms with Gasteiger partial charge in [0.2, 0.25) is 11.8 Å². The molecule has 0 aromatic rings. The first kappa shape index (κ1) is 14.8. The van der Waals surface area contributed by atoms with Crippen LogP contribution in [0.15, 0.2) is 0 Å². The van der Waals surface area contributed by atoms with Crippen LogP contribution < -0.4 is 5.73 Å². The molecule has 2 atom stereocenters. The van der Waals surface area contributed by atoms with Crippen LogP contribution in [0.2, 0.25) is 0 Å². The van der Waals surface area contributed by atoms with E-state index < -0.39 is 0 Å². The van der Waals surface area contributed by atoms with Gasteiger partial charge in [-0.1, -0.05) is 19.3 Å². The van der Waals surface area contributed by atoms with E-state index in [4.69, 9.17) is 5.73 Å². The molecule has 118 valence electrons. The predicted octanol–water partition coefficient (Wildman–Crippen LogP) is 1.12. The molecule has 3 rings (SSSR count). The summed E-state index contributed by atoms with van der Waals surface area (Å²) in [6.07, 6.45) is 9.05. The van der Waals surface area contributed by atoms with Crippen molar-refractivity contribution in [3.63, 3.8) is 0 Å². The quantitative estimate of drug-likeness (QED) is 0.848. The van der Waals surface area contributed by atoms with Crippen LogP contribution >= 0.6 is 0 Å². The smallest absolute Gasteiger partial charge is 0.245 e. The molecule has 2 saturated heterocycles. The minimum Gasteiger partial charge on any atom is -0.330 e. The fraction of sp³-hybridized carbons (Fsp3) is 0.875. The number of hydrogen-bond acceptors (Lipinski definition) is 3. The first-order valence-corrected chi connectivity index (χ1v) is 8.50. The number of hydrogen-bond donors (Lipinski definition) is 1. The number of carbonyl (C=O) groups excluding carboxylic acids is 2. The topological polar surface area (TPSA) is 66.6 Å². The summed E-state index contributed by atoms with van der Waals surface area (Å²) in [6.45, 7) is 1.53. The fourth-order valence-corrected chi connectivity index (χ4v) is 4.15. The molecule has 3 fully saturated rings. The molecule has 21 heavy (non-hydrogen) atoms. The van der Waals surface area contributed by atoms with Crippen LogP contribution in [0.4, 0.5) is 0 Å². The van der Waals surface area contributed by atoms with Crippen molar-refractivity contribution in [2.75, 3.05) is 19.6 Å². The van der Waals surface area contributed by atoms with Crippen molar-refractivity contribution in [3.8, 4) is 0 Å². The van der Waals surface area contributed by atoms with Crippen LogP contribution in [0.3, 0.4) is 0 Å². The average molecular weight is 293 g/mol. The van der Waals surface area contributed by atoms with Gasteiger partial charge in [-0.3, -0.25) is 9.59 Å². The largest absolute Gasteiger partial charge is 0.330 e. The Bertz CT molecular complexity index is 406. The third-order valence-electron chi connectivity index (χ3n) is 5.43. The molecule has 0 aromatic heterocycles. The highest BCUT2D eigenvalue weighted by molar-refractivity contribution is 5.95. The maximum absolute atomic E-state index is 12.6. The lowest BCUT2D eigenvalue weighted by atomic mass is 9.84. The second kappa shape index (κ2) is 6.34. The van der Waals surface area contributed by atoms with Gasteiger partial charge in [0.1, 0.15) is 6.04 Å². The van der Waals surface area contributed by atoms with E-state index in [9.17, 15) is 9.59 Å². The third kappa shape index (κ3) is 3.07. The maximum Gasteiger partial charge on any atom is 0.245 e. The Labute approximate surface area is 126 Å². The summed E-state index contributed by atoms with van der Waals surface area (Å²) >= 11 is 0. The molecule has 0 bridgehead atoms. The summed E-state index contributed by atoms with van der Waals surface area (Å²) < 4.78 is 0. The SMILES string of the molecule is NC(CN1CC(=O)N2CCCCC2C1=O)C1CCCCC1. The van der Waals surface area contributed by atoms with Crippen LogP contribution in [-0.2, 0) is 9.59 Å². The number of fused-ring (bicyclic) bond motifs is 1. The molecule has 2 amide bonds. The van der Waals surface area contributed by atoms with Crippen molar-refractivity contribution >= 4 is 11.8 Å². The second-order valence-corrected chi connectivity index (χ2v) is 6.88. The molecule has 2 aliphatic heterocycles. The zero-order valence-electron chi connectivity index (χ0n) is 12.8. The highest BCUT2D eigenvalue weighted by Gasteiger charge is 2.41. The molecule has 2 unspecified atom stereocenters. The van der Waals surface area contributed by atoms with Gasteiger partial charge in [-0.15, -0.1) is 0 Å². The van der Waals surface area contributed by atoms with E-state index in [1.807, 2.05) is 0 Å². The normalized spacial score (nSPS) is 29.5. The van der Waals surface area contributed by atoms with E-state index in [-0.39, 0.29) is 30.4 Å². The van der Waals surface area contributed by atoms with Gasteiger partial charge in [-0.05, 0) is 38.0 Å². The standard InChI is InChI=1S/C16H27N3O2/c17-13(12-6-2-1-3-7-12)10-18-11-15(20)19-9-5-4-8-14(19)16(18)21/h12-14H,1-11,17H2. The van der Waals surface area contributed by atoms with Gasteiger partial charge >= 0.3 is 0 Å². The second-order valence-electron chi connectivity index (χ2n) is 6.88. The lowest BCUT2D eigenvalue weighted by Crippen LogP contribution is -2.63. The number of nitrogens with two attached hydrogens (primary N) is 1. The minimum atomic E-state index is -0.210. The van der Waals surface area contributed by atoms with Gasteiger partial charge < -0.3 is 15.5 Å². The molecular weight excluding hydrogens is 266 g/mol.